The van der Waals surface area contributed by atoms with Gasteiger partial charge in [0, 0.05) is 24.4 Å². The van der Waals surface area contributed by atoms with E-state index < -0.39 is 17.8 Å². The van der Waals surface area contributed by atoms with Gasteiger partial charge in [-0.3, -0.25) is 14.8 Å². The zero-order valence-electron chi connectivity index (χ0n) is 18.6. The second-order valence-electron chi connectivity index (χ2n) is 7.77. The summed E-state index contributed by atoms with van der Waals surface area (Å²) in [6.45, 7) is 0. The Morgan fingerprint density at radius 2 is 1.71 bits per heavy atom. The standard InChI is InChI=1S/C26H21FN4O3/c1-33-24-10-8-16(14-25(24)34-2)21-15-23(17-7-9-20-22(13-17)29-12-11-28-20)31(30-21)26(32)18-5-3-4-6-19(18)27/h3-14,23H,15H2,1-2H3/t23-/m0/s1. The highest BCUT2D eigenvalue weighted by Crippen LogP contribution is 2.37. The van der Waals surface area contributed by atoms with Crippen LogP contribution in [0, 0.1) is 5.82 Å². The molecule has 0 fully saturated rings. The molecule has 0 spiro atoms. The molecule has 8 heteroatoms. The number of carbonyl (C=O) groups is 1. The Morgan fingerprint density at radius 3 is 2.47 bits per heavy atom. The zero-order chi connectivity index (χ0) is 23.7. The van der Waals surface area contributed by atoms with Crippen molar-refractivity contribution in [2.75, 3.05) is 14.2 Å². The topological polar surface area (TPSA) is 76.9 Å². The first-order valence-corrected chi connectivity index (χ1v) is 10.7. The van der Waals surface area contributed by atoms with Gasteiger partial charge in [-0.2, -0.15) is 5.10 Å². The van der Waals surface area contributed by atoms with Gasteiger partial charge in [0.15, 0.2) is 11.5 Å². The van der Waals surface area contributed by atoms with Gasteiger partial charge in [0.25, 0.3) is 5.91 Å². The summed E-state index contributed by atoms with van der Waals surface area (Å²) in [5.41, 5.74) is 3.71. The molecule has 1 aliphatic heterocycles. The monoisotopic (exact) mass is 456 g/mol. The highest BCUT2D eigenvalue weighted by molar-refractivity contribution is 6.05. The van der Waals surface area contributed by atoms with Gasteiger partial charge in [0.2, 0.25) is 0 Å². The molecule has 3 aromatic carbocycles. The van der Waals surface area contributed by atoms with Crippen molar-refractivity contribution in [2.45, 2.75) is 12.5 Å². The maximum atomic E-state index is 14.5. The summed E-state index contributed by atoms with van der Waals surface area (Å²) in [6, 6.07) is 16.6. The van der Waals surface area contributed by atoms with Crippen LogP contribution >= 0.6 is 0 Å². The number of nitrogens with zero attached hydrogens (tertiary/aromatic N) is 4. The molecule has 0 aliphatic carbocycles. The van der Waals surface area contributed by atoms with Gasteiger partial charge in [-0.1, -0.05) is 18.2 Å². The maximum Gasteiger partial charge on any atom is 0.277 e. The molecule has 1 aliphatic rings. The number of hydrogen-bond acceptors (Lipinski definition) is 6. The number of fused-ring (bicyclic) bond motifs is 1. The Morgan fingerprint density at radius 1 is 0.941 bits per heavy atom. The van der Waals surface area contributed by atoms with Crippen LogP contribution < -0.4 is 9.47 Å². The Labute approximate surface area is 195 Å². The van der Waals surface area contributed by atoms with E-state index in [9.17, 15) is 9.18 Å². The number of benzene rings is 3. The molecule has 0 saturated heterocycles. The summed E-state index contributed by atoms with van der Waals surface area (Å²) < 4.78 is 25.3. The van der Waals surface area contributed by atoms with Crippen molar-refractivity contribution in [3.05, 3.63) is 95.6 Å². The Balaban J connectivity index is 1.59. The van der Waals surface area contributed by atoms with Crippen LogP contribution in [0.25, 0.3) is 11.0 Å². The Hall–Kier alpha value is -4.33. The fourth-order valence-corrected chi connectivity index (χ4v) is 4.09. The van der Waals surface area contributed by atoms with E-state index >= 15 is 0 Å². The number of aromatic nitrogens is 2. The van der Waals surface area contributed by atoms with Crippen LogP contribution in [0.1, 0.15) is 33.9 Å². The molecule has 1 atom stereocenters. The summed E-state index contributed by atoms with van der Waals surface area (Å²) in [6.07, 6.45) is 3.68. The SMILES string of the molecule is COc1ccc(C2=NN(C(=O)c3ccccc3F)[C@H](c3ccc4nccnc4c3)C2)cc1OC. The summed E-state index contributed by atoms with van der Waals surface area (Å²) in [5, 5.41) is 6.00. The van der Waals surface area contributed by atoms with Crippen LogP contribution in [-0.4, -0.2) is 40.8 Å². The molecule has 170 valence electrons. The minimum absolute atomic E-state index is 0.0367. The first kappa shape index (κ1) is 21.5. The largest absolute Gasteiger partial charge is 0.493 e. The third-order valence-corrected chi connectivity index (χ3v) is 5.82. The van der Waals surface area contributed by atoms with Gasteiger partial charge in [0.1, 0.15) is 5.82 Å². The zero-order valence-corrected chi connectivity index (χ0v) is 18.6. The lowest BCUT2D eigenvalue weighted by Crippen LogP contribution is -2.27. The molecular formula is C26H21FN4O3. The van der Waals surface area contributed by atoms with Crippen molar-refractivity contribution in [2.24, 2.45) is 5.10 Å². The summed E-state index contributed by atoms with van der Waals surface area (Å²) in [4.78, 5) is 22.1. The van der Waals surface area contributed by atoms with Crippen LogP contribution in [-0.2, 0) is 0 Å². The number of amides is 1. The van der Waals surface area contributed by atoms with Crippen molar-refractivity contribution in [1.82, 2.24) is 15.0 Å². The van der Waals surface area contributed by atoms with Gasteiger partial charge in [-0.15, -0.1) is 0 Å². The van der Waals surface area contributed by atoms with Crippen LogP contribution in [0.4, 0.5) is 4.39 Å². The smallest absolute Gasteiger partial charge is 0.277 e. The summed E-state index contributed by atoms with van der Waals surface area (Å²) in [5.74, 6) is 0.0381. The van der Waals surface area contributed by atoms with E-state index in [1.807, 2.05) is 30.3 Å². The number of methoxy groups -OCH3 is 2. The number of rotatable bonds is 5. The normalized spacial score (nSPS) is 15.3. The number of hydrazone groups is 1. The quantitative estimate of drug-likeness (QED) is 0.432. The molecule has 0 unspecified atom stereocenters. The Bertz CT molecular complexity index is 1420. The van der Waals surface area contributed by atoms with Crippen molar-refractivity contribution in [1.29, 1.82) is 0 Å². The predicted molar refractivity (Wildman–Crippen MR) is 126 cm³/mol. The second-order valence-corrected chi connectivity index (χ2v) is 7.77. The molecule has 1 amide bonds. The molecule has 2 heterocycles. The molecule has 0 bridgehead atoms. The first-order chi connectivity index (χ1) is 16.6. The lowest BCUT2D eigenvalue weighted by molar-refractivity contribution is 0.0706. The van der Waals surface area contributed by atoms with E-state index in [2.05, 4.69) is 15.1 Å². The number of hydrogen-bond donors (Lipinski definition) is 0. The minimum Gasteiger partial charge on any atom is -0.493 e. The van der Waals surface area contributed by atoms with Crippen LogP contribution in [0.2, 0.25) is 0 Å². The van der Waals surface area contributed by atoms with E-state index in [0.29, 0.717) is 29.1 Å². The molecule has 0 saturated carbocycles. The number of ether oxygens (including phenoxy) is 2. The second kappa shape index (κ2) is 8.90. The molecule has 34 heavy (non-hydrogen) atoms. The lowest BCUT2D eigenvalue weighted by Gasteiger charge is -2.22. The molecule has 5 rings (SSSR count). The molecule has 1 aromatic heterocycles. The average molecular weight is 456 g/mol. The van der Waals surface area contributed by atoms with E-state index in [1.54, 1.807) is 44.8 Å². The third kappa shape index (κ3) is 3.83. The average Bonchev–Trinajstić information content (AvgIpc) is 3.33. The van der Waals surface area contributed by atoms with Crippen LogP contribution in [0.15, 0.2) is 78.2 Å². The van der Waals surface area contributed by atoms with Crippen LogP contribution in [0.3, 0.4) is 0 Å². The van der Waals surface area contributed by atoms with Crippen LogP contribution in [0.5, 0.6) is 11.5 Å². The summed E-state index contributed by atoms with van der Waals surface area (Å²) in [7, 11) is 3.13. The first-order valence-electron chi connectivity index (χ1n) is 10.7. The summed E-state index contributed by atoms with van der Waals surface area (Å²) >= 11 is 0. The van der Waals surface area contributed by atoms with E-state index in [1.165, 1.54) is 17.1 Å². The Kier molecular flexibility index (Phi) is 5.63. The predicted octanol–water partition coefficient (Wildman–Crippen LogP) is 4.78. The molecule has 0 radical (unpaired) electrons. The fraction of sp³-hybridized carbons (Fsp3) is 0.154. The van der Waals surface area contributed by atoms with Crippen molar-refractivity contribution >= 4 is 22.7 Å². The molecule has 7 nitrogen and oxygen atoms in total. The van der Waals surface area contributed by atoms with E-state index in [4.69, 9.17) is 9.47 Å². The molecule has 0 N–H and O–H groups in total. The van der Waals surface area contributed by atoms with Gasteiger partial charge in [-0.05, 0) is 48.0 Å². The molecule has 4 aromatic rings. The molecular weight excluding hydrogens is 435 g/mol. The fourth-order valence-electron chi connectivity index (χ4n) is 4.09. The van der Waals surface area contributed by atoms with Gasteiger partial charge < -0.3 is 9.47 Å². The van der Waals surface area contributed by atoms with Gasteiger partial charge >= 0.3 is 0 Å². The van der Waals surface area contributed by atoms with Gasteiger partial charge in [0.05, 0.1) is 42.6 Å². The minimum atomic E-state index is -0.592. The van der Waals surface area contributed by atoms with Crippen molar-refractivity contribution in [3.8, 4) is 11.5 Å². The maximum absolute atomic E-state index is 14.5. The van der Waals surface area contributed by atoms with Crippen molar-refractivity contribution < 1.29 is 18.7 Å². The number of carbonyl (C=O) groups excluding carboxylic acids is 1. The number of halogens is 1. The van der Waals surface area contributed by atoms with E-state index in [-0.39, 0.29) is 5.56 Å². The van der Waals surface area contributed by atoms with Gasteiger partial charge in [-0.25, -0.2) is 9.40 Å². The van der Waals surface area contributed by atoms with Crippen molar-refractivity contribution in [3.63, 3.8) is 0 Å². The highest BCUT2D eigenvalue weighted by atomic mass is 19.1. The lowest BCUT2D eigenvalue weighted by atomic mass is 9.97. The van der Waals surface area contributed by atoms with E-state index in [0.717, 1.165) is 16.6 Å². The highest BCUT2D eigenvalue weighted by Gasteiger charge is 2.35. The third-order valence-electron chi connectivity index (χ3n) is 5.82.